The molecule has 0 unspecified atom stereocenters. The van der Waals surface area contributed by atoms with Gasteiger partial charge in [-0.15, -0.1) is 0 Å². The molecule has 0 saturated carbocycles. The van der Waals surface area contributed by atoms with Crippen LogP contribution in [-0.4, -0.2) is 37.0 Å². The fourth-order valence-electron chi connectivity index (χ4n) is 2.24. The third kappa shape index (κ3) is 2.78. The molecular formula is C14H19ClN2O. The zero-order chi connectivity index (χ0) is 13.1. The number of rotatable bonds is 2. The van der Waals surface area contributed by atoms with Gasteiger partial charge in [0.2, 0.25) is 5.91 Å². The second-order valence-corrected chi connectivity index (χ2v) is 5.33. The highest BCUT2D eigenvalue weighted by atomic mass is 35.5. The lowest BCUT2D eigenvalue weighted by Crippen LogP contribution is -2.50. The number of hydrogen-bond acceptors (Lipinski definition) is 2. The summed E-state index contributed by atoms with van der Waals surface area (Å²) in [6, 6.07) is 7.86. The van der Waals surface area contributed by atoms with Crippen LogP contribution < -0.4 is 4.90 Å². The van der Waals surface area contributed by atoms with Crippen LogP contribution in [0.15, 0.2) is 24.3 Å². The lowest BCUT2D eigenvalue weighted by atomic mass is 10.1. The Labute approximate surface area is 113 Å². The topological polar surface area (TPSA) is 23.6 Å². The van der Waals surface area contributed by atoms with E-state index in [2.05, 4.69) is 4.90 Å². The molecule has 1 heterocycles. The van der Waals surface area contributed by atoms with Crippen molar-refractivity contribution in [2.24, 2.45) is 5.92 Å². The van der Waals surface area contributed by atoms with Crippen molar-refractivity contribution in [3.8, 4) is 0 Å². The van der Waals surface area contributed by atoms with E-state index in [-0.39, 0.29) is 11.8 Å². The van der Waals surface area contributed by atoms with Gasteiger partial charge in [0.15, 0.2) is 0 Å². The molecule has 1 aliphatic heterocycles. The average Bonchev–Trinajstić information content (AvgIpc) is 2.38. The van der Waals surface area contributed by atoms with E-state index in [4.69, 9.17) is 11.6 Å². The van der Waals surface area contributed by atoms with Gasteiger partial charge in [-0.25, -0.2) is 0 Å². The largest absolute Gasteiger partial charge is 0.367 e. The zero-order valence-electron chi connectivity index (χ0n) is 10.9. The first-order chi connectivity index (χ1) is 8.59. The molecule has 0 bridgehead atoms. The number of carbonyl (C=O) groups is 1. The number of hydrogen-bond donors (Lipinski definition) is 0. The molecule has 0 N–H and O–H groups in total. The van der Waals surface area contributed by atoms with Gasteiger partial charge in [0, 0.05) is 32.1 Å². The van der Waals surface area contributed by atoms with Gasteiger partial charge in [0.25, 0.3) is 0 Å². The smallest absolute Gasteiger partial charge is 0.225 e. The molecule has 1 aliphatic rings. The Kier molecular flexibility index (Phi) is 4.12. The molecule has 4 heteroatoms. The van der Waals surface area contributed by atoms with Gasteiger partial charge in [-0.2, -0.15) is 0 Å². The van der Waals surface area contributed by atoms with Crippen molar-refractivity contribution in [3.05, 3.63) is 29.3 Å². The third-order valence-electron chi connectivity index (χ3n) is 3.28. The van der Waals surface area contributed by atoms with Crippen molar-refractivity contribution >= 4 is 23.2 Å². The van der Waals surface area contributed by atoms with E-state index < -0.39 is 0 Å². The standard InChI is InChI=1S/C14H19ClN2O/c1-11(2)14(18)17-9-7-16(8-10-17)13-6-4-3-5-12(13)15/h3-6,11H,7-10H2,1-2H3. The van der Waals surface area contributed by atoms with E-state index in [0.29, 0.717) is 0 Å². The maximum Gasteiger partial charge on any atom is 0.225 e. The minimum absolute atomic E-state index is 0.0804. The molecule has 1 fully saturated rings. The van der Waals surface area contributed by atoms with Gasteiger partial charge >= 0.3 is 0 Å². The normalized spacial score (nSPS) is 16.2. The molecule has 0 spiro atoms. The number of halogens is 1. The first kappa shape index (κ1) is 13.2. The van der Waals surface area contributed by atoms with Crippen molar-refractivity contribution < 1.29 is 4.79 Å². The van der Waals surface area contributed by atoms with Crippen LogP contribution in [0.1, 0.15) is 13.8 Å². The molecule has 1 amide bonds. The van der Waals surface area contributed by atoms with Crippen LogP contribution in [0.4, 0.5) is 5.69 Å². The maximum atomic E-state index is 11.9. The molecule has 1 saturated heterocycles. The predicted octanol–water partition coefficient (Wildman–Crippen LogP) is 2.64. The van der Waals surface area contributed by atoms with Crippen molar-refractivity contribution in [1.82, 2.24) is 4.90 Å². The van der Waals surface area contributed by atoms with E-state index >= 15 is 0 Å². The Morgan fingerprint density at radius 3 is 2.33 bits per heavy atom. The number of anilines is 1. The van der Waals surface area contributed by atoms with Gasteiger partial charge in [-0.1, -0.05) is 37.6 Å². The van der Waals surface area contributed by atoms with Crippen molar-refractivity contribution in [3.63, 3.8) is 0 Å². The average molecular weight is 267 g/mol. The summed E-state index contributed by atoms with van der Waals surface area (Å²) in [7, 11) is 0. The summed E-state index contributed by atoms with van der Waals surface area (Å²) in [4.78, 5) is 16.1. The van der Waals surface area contributed by atoms with E-state index in [1.54, 1.807) is 0 Å². The molecular weight excluding hydrogens is 248 g/mol. The minimum Gasteiger partial charge on any atom is -0.367 e. The predicted molar refractivity (Wildman–Crippen MR) is 75.1 cm³/mol. The van der Waals surface area contributed by atoms with E-state index in [9.17, 15) is 4.79 Å². The summed E-state index contributed by atoms with van der Waals surface area (Å²) in [5.74, 6) is 0.325. The molecule has 0 aliphatic carbocycles. The van der Waals surface area contributed by atoms with Crippen LogP contribution in [0, 0.1) is 5.92 Å². The quantitative estimate of drug-likeness (QED) is 0.822. The Hall–Kier alpha value is -1.22. The third-order valence-corrected chi connectivity index (χ3v) is 3.60. The molecule has 2 rings (SSSR count). The van der Waals surface area contributed by atoms with E-state index in [0.717, 1.165) is 36.9 Å². The highest BCUT2D eigenvalue weighted by Gasteiger charge is 2.23. The lowest BCUT2D eigenvalue weighted by molar-refractivity contribution is -0.134. The molecule has 18 heavy (non-hydrogen) atoms. The van der Waals surface area contributed by atoms with Crippen molar-refractivity contribution in [1.29, 1.82) is 0 Å². The molecule has 0 aromatic heterocycles. The summed E-state index contributed by atoms with van der Waals surface area (Å²) in [5.41, 5.74) is 1.07. The van der Waals surface area contributed by atoms with Crippen LogP contribution >= 0.6 is 11.6 Å². The first-order valence-corrected chi connectivity index (χ1v) is 6.75. The Morgan fingerprint density at radius 2 is 1.78 bits per heavy atom. The number of para-hydroxylation sites is 1. The summed E-state index contributed by atoms with van der Waals surface area (Å²) in [5, 5.41) is 0.779. The summed E-state index contributed by atoms with van der Waals surface area (Å²) < 4.78 is 0. The molecule has 1 aromatic carbocycles. The SMILES string of the molecule is CC(C)C(=O)N1CCN(c2ccccc2Cl)CC1. The number of carbonyl (C=O) groups excluding carboxylic acids is 1. The Balaban J connectivity index is 1.99. The fraction of sp³-hybridized carbons (Fsp3) is 0.500. The molecule has 1 aromatic rings. The Bertz CT molecular complexity index is 426. The van der Waals surface area contributed by atoms with Crippen LogP contribution in [-0.2, 0) is 4.79 Å². The number of amides is 1. The van der Waals surface area contributed by atoms with E-state index in [1.807, 2.05) is 43.0 Å². The summed E-state index contributed by atoms with van der Waals surface area (Å²) in [6.45, 7) is 7.15. The Morgan fingerprint density at radius 1 is 1.17 bits per heavy atom. The van der Waals surface area contributed by atoms with Gasteiger partial charge in [0.1, 0.15) is 0 Å². The molecule has 0 atom stereocenters. The number of benzene rings is 1. The monoisotopic (exact) mass is 266 g/mol. The van der Waals surface area contributed by atoms with Gasteiger partial charge in [-0.3, -0.25) is 4.79 Å². The van der Waals surface area contributed by atoms with E-state index in [1.165, 1.54) is 0 Å². The van der Waals surface area contributed by atoms with Gasteiger partial charge < -0.3 is 9.80 Å². The van der Waals surface area contributed by atoms with Crippen LogP contribution in [0.5, 0.6) is 0 Å². The fourth-order valence-corrected chi connectivity index (χ4v) is 2.50. The second kappa shape index (κ2) is 5.61. The summed E-state index contributed by atoms with van der Waals surface area (Å²) in [6.07, 6.45) is 0. The maximum absolute atomic E-state index is 11.9. The van der Waals surface area contributed by atoms with Gasteiger partial charge in [0.05, 0.1) is 10.7 Å². The number of nitrogens with zero attached hydrogens (tertiary/aromatic N) is 2. The molecule has 0 radical (unpaired) electrons. The van der Waals surface area contributed by atoms with Gasteiger partial charge in [-0.05, 0) is 12.1 Å². The minimum atomic E-state index is 0.0804. The van der Waals surface area contributed by atoms with Crippen molar-refractivity contribution in [2.45, 2.75) is 13.8 Å². The van der Waals surface area contributed by atoms with Crippen LogP contribution in [0.2, 0.25) is 5.02 Å². The molecule has 98 valence electrons. The molecule has 3 nitrogen and oxygen atoms in total. The zero-order valence-corrected chi connectivity index (χ0v) is 11.7. The number of piperazine rings is 1. The summed E-state index contributed by atoms with van der Waals surface area (Å²) >= 11 is 6.18. The highest BCUT2D eigenvalue weighted by Crippen LogP contribution is 2.26. The first-order valence-electron chi connectivity index (χ1n) is 6.38. The highest BCUT2D eigenvalue weighted by molar-refractivity contribution is 6.33. The van der Waals surface area contributed by atoms with Crippen LogP contribution in [0.3, 0.4) is 0 Å². The lowest BCUT2D eigenvalue weighted by Gasteiger charge is -2.37. The van der Waals surface area contributed by atoms with Crippen LogP contribution in [0.25, 0.3) is 0 Å². The second-order valence-electron chi connectivity index (χ2n) is 4.92. The van der Waals surface area contributed by atoms with Crippen molar-refractivity contribution in [2.75, 3.05) is 31.1 Å².